The minimum absolute atomic E-state index is 0.0792. The molecule has 1 aromatic heterocycles. The largest absolute Gasteiger partial charge is 0.383 e. The van der Waals surface area contributed by atoms with Crippen LogP contribution in [0.2, 0.25) is 0 Å². The van der Waals surface area contributed by atoms with Crippen LogP contribution in [0.5, 0.6) is 0 Å². The van der Waals surface area contributed by atoms with Crippen LogP contribution in [0.15, 0.2) is 16.7 Å². The highest BCUT2D eigenvalue weighted by molar-refractivity contribution is 9.10. The van der Waals surface area contributed by atoms with Crippen LogP contribution in [0.1, 0.15) is 44.1 Å². The minimum atomic E-state index is 0.0792. The van der Waals surface area contributed by atoms with Crippen molar-refractivity contribution in [2.45, 2.75) is 46.2 Å². The number of aryl methyl sites for hydroxylation is 1. The number of ether oxygens (including phenoxy) is 1. The summed E-state index contributed by atoms with van der Waals surface area (Å²) in [6, 6.07) is 2.11. The summed E-state index contributed by atoms with van der Waals surface area (Å²) in [7, 11) is 1.66. The van der Waals surface area contributed by atoms with E-state index < -0.39 is 0 Å². The average Bonchev–Trinajstić information content (AvgIpc) is 2.80. The average molecular weight is 345 g/mol. The number of amides is 1. The molecule has 0 radical (unpaired) electrons. The molecule has 1 atom stereocenters. The van der Waals surface area contributed by atoms with Crippen LogP contribution in [0.25, 0.3) is 0 Å². The van der Waals surface area contributed by atoms with Crippen LogP contribution < -0.4 is 0 Å². The quantitative estimate of drug-likeness (QED) is 0.722. The van der Waals surface area contributed by atoms with Crippen molar-refractivity contribution in [3.63, 3.8) is 0 Å². The van der Waals surface area contributed by atoms with E-state index in [2.05, 4.69) is 36.7 Å². The van der Waals surface area contributed by atoms with Gasteiger partial charge in [0.1, 0.15) is 5.69 Å². The zero-order chi connectivity index (χ0) is 15.1. The summed E-state index contributed by atoms with van der Waals surface area (Å²) >= 11 is 3.46. The van der Waals surface area contributed by atoms with Crippen LogP contribution in [-0.2, 0) is 11.3 Å². The molecule has 0 spiro atoms. The van der Waals surface area contributed by atoms with Gasteiger partial charge in [-0.05, 0) is 41.8 Å². The number of methoxy groups -OCH3 is 1. The number of hydrogen-bond acceptors (Lipinski definition) is 2. The highest BCUT2D eigenvalue weighted by Gasteiger charge is 2.23. The lowest BCUT2D eigenvalue weighted by molar-refractivity contribution is 0.0603. The third-order valence-electron chi connectivity index (χ3n) is 3.47. The molecule has 1 heterocycles. The predicted molar refractivity (Wildman–Crippen MR) is 85.1 cm³/mol. The lowest BCUT2D eigenvalue weighted by Crippen LogP contribution is -2.41. The van der Waals surface area contributed by atoms with Gasteiger partial charge in [0.05, 0.1) is 6.61 Å². The van der Waals surface area contributed by atoms with Gasteiger partial charge < -0.3 is 14.2 Å². The monoisotopic (exact) mass is 344 g/mol. The molecule has 5 heteroatoms. The van der Waals surface area contributed by atoms with Crippen molar-refractivity contribution in [1.82, 2.24) is 9.47 Å². The Morgan fingerprint density at radius 2 is 2.20 bits per heavy atom. The van der Waals surface area contributed by atoms with E-state index in [4.69, 9.17) is 4.74 Å². The maximum Gasteiger partial charge on any atom is 0.270 e. The Balaban J connectivity index is 2.98. The molecular weight excluding hydrogens is 320 g/mol. The Hall–Kier alpha value is -0.810. The van der Waals surface area contributed by atoms with Gasteiger partial charge in [0.25, 0.3) is 5.91 Å². The molecule has 0 aliphatic rings. The molecule has 1 amide bonds. The fourth-order valence-corrected chi connectivity index (χ4v) is 2.62. The number of rotatable bonds is 8. The smallest absolute Gasteiger partial charge is 0.270 e. The summed E-state index contributed by atoms with van der Waals surface area (Å²) in [6.45, 7) is 8.32. The standard InChI is InChI=1S/C15H25BrN2O2/c1-5-7-17-11-13(16)10-14(17)15(19)18(8-9-20-4)12(3)6-2/h10-12H,5-9H2,1-4H3. The second-order valence-corrected chi connectivity index (χ2v) is 5.90. The number of hydrogen-bond donors (Lipinski definition) is 0. The molecule has 0 aromatic carbocycles. The van der Waals surface area contributed by atoms with Gasteiger partial charge in [0.15, 0.2) is 0 Å². The van der Waals surface area contributed by atoms with Gasteiger partial charge in [0.2, 0.25) is 0 Å². The molecule has 0 fully saturated rings. The van der Waals surface area contributed by atoms with Crippen molar-refractivity contribution in [3.05, 3.63) is 22.4 Å². The van der Waals surface area contributed by atoms with Crippen molar-refractivity contribution in [2.24, 2.45) is 0 Å². The summed E-state index contributed by atoms with van der Waals surface area (Å²) in [5, 5.41) is 0. The number of halogens is 1. The molecule has 1 rings (SSSR count). The van der Waals surface area contributed by atoms with E-state index in [1.54, 1.807) is 7.11 Å². The molecule has 0 N–H and O–H groups in total. The molecule has 0 bridgehead atoms. The Morgan fingerprint density at radius 3 is 2.75 bits per heavy atom. The highest BCUT2D eigenvalue weighted by atomic mass is 79.9. The van der Waals surface area contributed by atoms with E-state index in [1.165, 1.54) is 0 Å². The molecule has 114 valence electrons. The van der Waals surface area contributed by atoms with Gasteiger partial charge in [-0.1, -0.05) is 13.8 Å². The first-order valence-electron chi connectivity index (χ1n) is 7.20. The maximum absolute atomic E-state index is 12.8. The molecule has 0 saturated heterocycles. The maximum atomic E-state index is 12.8. The van der Waals surface area contributed by atoms with Crippen LogP contribution in [0.3, 0.4) is 0 Å². The van der Waals surface area contributed by atoms with Crippen molar-refractivity contribution < 1.29 is 9.53 Å². The van der Waals surface area contributed by atoms with Gasteiger partial charge in [-0.15, -0.1) is 0 Å². The summed E-state index contributed by atoms with van der Waals surface area (Å²) < 4.78 is 8.10. The topological polar surface area (TPSA) is 34.5 Å². The van der Waals surface area contributed by atoms with Gasteiger partial charge in [-0.2, -0.15) is 0 Å². The number of carbonyl (C=O) groups is 1. The lowest BCUT2D eigenvalue weighted by Gasteiger charge is -2.28. The Morgan fingerprint density at radius 1 is 1.50 bits per heavy atom. The molecule has 4 nitrogen and oxygen atoms in total. The predicted octanol–water partition coefficient (Wildman–Crippen LogP) is 3.55. The Kier molecular flexibility index (Phi) is 7.30. The fraction of sp³-hybridized carbons (Fsp3) is 0.667. The zero-order valence-electron chi connectivity index (χ0n) is 12.9. The fourth-order valence-electron chi connectivity index (χ4n) is 2.16. The number of nitrogens with zero attached hydrogens (tertiary/aromatic N) is 2. The third kappa shape index (κ3) is 4.35. The first-order valence-corrected chi connectivity index (χ1v) is 7.99. The highest BCUT2D eigenvalue weighted by Crippen LogP contribution is 2.19. The van der Waals surface area contributed by atoms with E-state index in [1.807, 2.05) is 21.7 Å². The van der Waals surface area contributed by atoms with Crippen molar-refractivity contribution in [3.8, 4) is 0 Å². The molecule has 0 aliphatic heterocycles. The van der Waals surface area contributed by atoms with E-state index in [9.17, 15) is 4.79 Å². The zero-order valence-corrected chi connectivity index (χ0v) is 14.4. The first-order chi connectivity index (χ1) is 9.54. The Bertz CT molecular complexity index is 432. The molecule has 0 aliphatic carbocycles. The molecule has 1 aromatic rings. The van der Waals surface area contributed by atoms with Gasteiger partial charge >= 0.3 is 0 Å². The lowest BCUT2D eigenvalue weighted by atomic mass is 10.2. The number of aromatic nitrogens is 1. The van der Waals surface area contributed by atoms with Crippen LogP contribution >= 0.6 is 15.9 Å². The first kappa shape index (κ1) is 17.2. The Labute approximate surface area is 130 Å². The summed E-state index contributed by atoms with van der Waals surface area (Å²) in [6.07, 6.45) is 3.91. The van der Waals surface area contributed by atoms with Crippen LogP contribution in [-0.4, -0.2) is 41.7 Å². The molecule has 1 unspecified atom stereocenters. The summed E-state index contributed by atoms with van der Waals surface area (Å²) in [5.41, 5.74) is 0.745. The van der Waals surface area contributed by atoms with Crippen molar-refractivity contribution in [1.29, 1.82) is 0 Å². The van der Waals surface area contributed by atoms with Crippen molar-refractivity contribution >= 4 is 21.8 Å². The van der Waals surface area contributed by atoms with Gasteiger partial charge in [0, 0.05) is 36.9 Å². The van der Waals surface area contributed by atoms with Crippen LogP contribution in [0.4, 0.5) is 0 Å². The molecule has 20 heavy (non-hydrogen) atoms. The molecule has 0 saturated carbocycles. The third-order valence-corrected chi connectivity index (χ3v) is 3.90. The summed E-state index contributed by atoms with van der Waals surface area (Å²) in [5.74, 6) is 0.0792. The normalized spacial score (nSPS) is 12.4. The minimum Gasteiger partial charge on any atom is -0.383 e. The van der Waals surface area contributed by atoms with E-state index in [0.717, 1.165) is 29.6 Å². The second kappa shape index (κ2) is 8.47. The van der Waals surface area contributed by atoms with Crippen molar-refractivity contribution in [2.75, 3.05) is 20.3 Å². The molecular formula is C15H25BrN2O2. The number of carbonyl (C=O) groups excluding carboxylic acids is 1. The van der Waals surface area contributed by atoms with Crippen LogP contribution in [0, 0.1) is 0 Å². The SMILES string of the molecule is CCCn1cc(Br)cc1C(=O)N(CCOC)C(C)CC. The van der Waals surface area contributed by atoms with E-state index >= 15 is 0 Å². The van der Waals surface area contributed by atoms with E-state index in [-0.39, 0.29) is 11.9 Å². The van der Waals surface area contributed by atoms with E-state index in [0.29, 0.717) is 13.2 Å². The second-order valence-electron chi connectivity index (χ2n) is 4.99. The van der Waals surface area contributed by atoms with Gasteiger partial charge in [-0.3, -0.25) is 4.79 Å². The summed E-state index contributed by atoms with van der Waals surface area (Å²) in [4.78, 5) is 14.7. The van der Waals surface area contributed by atoms with Gasteiger partial charge in [-0.25, -0.2) is 0 Å².